The van der Waals surface area contributed by atoms with Gasteiger partial charge in [-0.3, -0.25) is 4.68 Å². The largest absolute Gasteiger partial charge is 0.310 e. The van der Waals surface area contributed by atoms with Gasteiger partial charge in [0, 0.05) is 34.2 Å². The first-order valence-electron chi connectivity index (χ1n) is 7.23. The van der Waals surface area contributed by atoms with Crippen LogP contribution in [0.15, 0.2) is 34.9 Å². The Bertz CT molecular complexity index is 575. The minimum Gasteiger partial charge on any atom is -0.310 e. The monoisotopic (exact) mass is 369 g/mol. The highest BCUT2D eigenvalue weighted by Crippen LogP contribution is 2.26. The number of hydrogen-bond donors (Lipinski definition) is 1. The van der Waals surface area contributed by atoms with Gasteiger partial charge in [-0.15, -0.1) is 0 Å². The molecule has 114 valence electrons. The van der Waals surface area contributed by atoms with Crippen molar-refractivity contribution in [2.45, 2.75) is 39.3 Å². The van der Waals surface area contributed by atoms with Crippen molar-refractivity contribution in [2.24, 2.45) is 0 Å². The van der Waals surface area contributed by atoms with Gasteiger partial charge in [0.05, 0.1) is 5.69 Å². The zero-order valence-corrected chi connectivity index (χ0v) is 14.9. The predicted octanol–water partition coefficient (Wildman–Crippen LogP) is 4.77. The Hall–Kier alpha value is -0.840. The Morgan fingerprint density at radius 3 is 2.67 bits per heavy atom. The molecule has 0 aliphatic heterocycles. The van der Waals surface area contributed by atoms with Gasteiger partial charge in [-0.05, 0) is 50.2 Å². The van der Waals surface area contributed by atoms with E-state index in [1.165, 1.54) is 5.56 Å². The zero-order chi connectivity index (χ0) is 15.4. The van der Waals surface area contributed by atoms with Crippen LogP contribution in [0.1, 0.15) is 44.1 Å². The van der Waals surface area contributed by atoms with Crippen molar-refractivity contribution in [3.8, 4) is 0 Å². The number of nitrogens with zero attached hydrogens (tertiary/aromatic N) is 2. The van der Waals surface area contributed by atoms with Gasteiger partial charge < -0.3 is 5.32 Å². The van der Waals surface area contributed by atoms with E-state index in [4.69, 9.17) is 11.6 Å². The molecule has 1 N–H and O–H groups in total. The second-order valence-electron chi connectivity index (χ2n) is 5.40. The first kappa shape index (κ1) is 16.5. The molecule has 2 aromatic rings. The molecule has 0 aliphatic carbocycles. The molecule has 5 heteroatoms. The van der Waals surface area contributed by atoms with Crippen LogP contribution in [-0.4, -0.2) is 16.3 Å². The molecule has 0 bridgehead atoms. The lowest BCUT2D eigenvalue weighted by atomic mass is 10.0. The van der Waals surface area contributed by atoms with Crippen molar-refractivity contribution >= 4 is 27.5 Å². The lowest BCUT2D eigenvalue weighted by Crippen LogP contribution is -2.23. The van der Waals surface area contributed by atoms with Crippen molar-refractivity contribution in [1.29, 1.82) is 0 Å². The van der Waals surface area contributed by atoms with E-state index in [0.717, 1.165) is 28.2 Å². The molecule has 3 nitrogen and oxygen atoms in total. The fraction of sp³-hybridized carbons (Fsp3) is 0.438. The van der Waals surface area contributed by atoms with Crippen LogP contribution in [0, 0.1) is 0 Å². The third-order valence-corrected chi connectivity index (χ3v) is 4.02. The predicted molar refractivity (Wildman–Crippen MR) is 91.9 cm³/mol. The maximum Gasteiger partial charge on any atom is 0.0643 e. The quantitative estimate of drug-likeness (QED) is 0.793. The van der Waals surface area contributed by atoms with Crippen LogP contribution in [0.5, 0.6) is 0 Å². The highest BCUT2D eigenvalue weighted by molar-refractivity contribution is 9.10. The van der Waals surface area contributed by atoms with E-state index in [0.29, 0.717) is 6.04 Å². The number of likely N-dealkylation sites (N-methyl/N-ethyl adjacent to an activating group) is 1. The Balaban J connectivity index is 2.21. The van der Waals surface area contributed by atoms with Gasteiger partial charge in [0.25, 0.3) is 0 Å². The molecular weight excluding hydrogens is 350 g/mol. The van der Waals surface area contributed by atoms with Crippen LogP contribution in [0.2, 0.25) is 5.02 Å². The first-order chi connectivity index (χ1) is 9.99. The Kier molecular flexibility index (Phi) is 5.85. The number of benzene rings is 1. The van der Waals surface area contributed by atoms with Crippen LogP contribution in [0.3, 0.4) is 0 Å². The van der Waals surface area contributed by atoms with Crippen LogP contribution in [-0.2, 0) is 6.42 Å². The second kappa shape index (κ2) is 7.43. The average molecular weight is 371 g/mol. The molecule has 1 heterocycles. The molecule has 1 aromatic heterocycles. The summed E-state index contributed by atoms with van der Waals surface area (Å²) in [6.07, 6.45) is 2.89. The number of aromatic nitrogens is 2. The van der Waals surface area contributed by atoms with Gasteiger partial charge in [0.2, 0.25) is 0 Å². The SMILES string of the molecule is CCNC(Cc1ccn(C(C)C)n1)c1cc(Cl)cc(Br)c1. The summed E-state index contributed by atoms with van der Waals surface area (Å²) >= 11 is 9.67. The van der Waals surface area contributed by atoms with Crippen molar-refractivity contribution in [3.63, 3.8) is 0 Å². The van der Waals surface area contributed by atoms with Crippen LogP contribution < -0.4 is 5.32 Å². The van der Waals surface area contributed by atoms with Crippen molar-refractivity contribution in [2.75, 3.05) is 6.54 Å². The van der Waals surface area contributed by atoms with Crippen LogP contribution >= 0.6 is 27.5 Å². The molecule has 1 aromatic carbocycles. The number of rotatable bonds is 6. The molecule has 0 radical (unpaired) electrons. The van der Waals surface area contributed by atoms with Gasteiger partial charge in [-0.25, -0.2) is 0 Å². The number of hydrogen-bond acceptors (Lipinski definition) is 2. The standard InChI is InChI=1S/C16H21BrClN3/c1-4-19-16(12-7-13(17)9-14(18)8-12)10-15-5-6-21(20-15)11(2)3/h5-9,11,16,19H,4,10H2,1-3H3. The Morgan fingerprint density at radius 2 is 2.10 bits per heavy atom. The Morgan fingerprint density at radius 1 is 1.33 bits per heavy atom. The molecule has 0 fully saturated rings. The van der Waals surface area contributed by atoms with Crippen LogP contribution in [0.25, 0.3) is 0 Å². The minimum absolute atomic E-state index is 0.209. The van der Waals surface area contributed by atoms with Gasteiger partial charge >= 0.3 is 0 Å². The van der Waals surface area contributed by atoms with Crippen molar-refractivity contribution < 1.29 is 0 Å². The van der Waals surface area contributed by atoms with Gasteiger partial charge in [-0.1, -0.05) is 34.5 Å². The third-order valence-electron chi connectivity index (χ3n) is 3.34. The normalized spacial score (nSPS) is 12.9. The zero-order valence-electron chi connectivity index (χ0n) is 12.6. The van der Waals surface area contributed by atoms with E-state index < -0.39 is 0 Å². The van der Waals surface area contributed by atoms with Gasteiger partial charge in [-0.2, -0.15) is 5.10 Å². The molecule has 2 rings (SSSR count). The molecule has 21 heavy (non-hydrogen) atoms. The van der Waals surface area contributed by atoms with E-state index in [2.05, 4.69) is 59.2 Å². The van der Waals surface area contributed by atoms with E-state index >= 15 is 0 Å². The highest BCUT2D eigenvalue weighted by atomic mass is 79.9. The summed E-state index contributed by atoms with van der Waals surface area (Å²) in [5.74, 6) is 0. The topological polar surface area (TPSA) is 29.9 Å². The summed E-state index contributed by atoms with van der Waals surface area (Å²) in [5, 5.41) is 8.89. The average Bonchev–Trinajstić information content (AvgIpc) is 2.86. The minimum atomic E-state index is 0.209. The molecule has 0 aliphatic rings. The molecule has 1 atom stereocenters. The fourth-order valence-corrected chi connectivity index (χ4v) is 3.20. The number of halogens is 2. The summed E-state index contributed by atoms with van der Waals surface area (Å²) in [7, 11) is 0. The molecule has 0 saturated carbocycles. The molecule has 1 unspecified atom stereocenters. The summed E-state index contributed by atoms with van der Waals surface area (Å²) in [6, 6.07) is 8.71. The molecule has 0 spiro atoms. The van der Waals surface area contributed by atoms with E-state index in [9.17, 15) is 0 Å². The second-order valence-corrected chi connectivity index (χ2v) is 6.75. The van der Waals surface area contributed by atoms with Crippen molar-refractivity contribution in [3.05, 3.63) is 51.2 Å². The van der Waals surface area contributed by atoms with Gasteiger partial charge in [0.15, 0.2) is 0 Å². The maximum atomic E-state index is 6.17. The molecule has 0 saturated heterocycles. The number of nitrogens with one attached hydrogen (secondary N) is 1. The van der Waals surface area contributed by atoms with E-state index in [-0.39, 0.29) is 6.04 Å². The first-order valence-corrected chi connectivity index (χ1v) is 8.40. The van der Waals surface area contributed by atoms with Crippen LogP contribution in [0.4, 0.5) is 0 Å². The summed E-state index contributed by atoms with van der Waals surface area (Å²) in [5.41, 5.74) is 2.26. The lowest BCUT2D eigenvalue weighted by molar-refractivity contribution is 0.506. The molecule has 0 amide bonds. The summed E-state index contributed by atoms with van der Waals surface area (Å²) < 4.78 is 2.99. The Labute approximate surface area is 139 Å². The highest BCUT2D eigenvalue weighted by Gasteiger charge is 2.14. The summed E-state index contributed by atoms with van der Waals surface area (Å²) in [6.45, 7) is 7.28. The lowest BCUT2D eigenvalue weighted by Gasteiger charge is -2.18. The maximum absolute atomic E-state index is 6.17. The molecular formula is C16H21BrClN3. The van der Waals surface area contributed by atoms with Gasteiger partial charge in [0.1, 0.15) is 0 Å². The van der Waals surface area contributed by atoms with E-state index in [1.54, 1.807) is 0 Å². The van der Waals surface area contributed by atoms with E-state index in [1.807, 2.05) is 23.0 Å². The third kappa shape index (κ3) is 4.56. The smallest absolute Gasteiger partial charge is 0.0643 e. The fourth-order valence-electron chi connectivity index (χ4n) is 2.31. The van der Waals surface area contributed by atoms with Crippen molar-refractivity contribution in [1.82, 2.24) is 15.1 Å². The summed E-state index contributed by atoms with van der Waals surface area (Å²) in [4.78, 5) is 0.